The molecule has 0 atom stereocenters. The van der Waals surface area contributed by atoms with Crippen LogP contribution in [0.25, 0.3) is 22.1 Å². The number of methoxy groups -OCH3 is 1. The normalized spacial score (nSPS) is 21.6. The Morgan fingerprint density at radius 1 is 0.800 bits per heavy atom. The largest absolute Gasteiger partial charge is 0.469 e. The van der Waals surface area contributed by atoms with Gasteiger partial charge in [0.2, 0.25) is 0 Å². The van der Waals surface area contributed by atoms with Gasteiger partial charge in [0.25, 0.3) is 0 Å². The van der Waals surface area contributed by atoms with Crippen LogP contribution in [-0.4, -0.2) is 81.2 Å². The average Bonchev–Trinajstić information content (AvgIpc) is 3.56. The molecular weight excluding hydrogens is 512 g/mol. The maximum absolute atomic E-state index is 11.8. The third-order valence-corrected chi connectivity index (χ3v) is 7.88. The van der Waals surface area contributed by atoms with Crippen molar-refractivity contribution in [1.29, 1.82) is 0 Å². The van der Waals surface area contributed by atoms with Crippen LogP contribution in [0.4, 0.5) is 11.6 Å². The molecule has 12 nitrogen and oxygen atoms in total. The summed E-state index contributed by atoms with van der Waals surface area (Å²) < 4.78 is 10.0. The van der Waals surface area contributed by atoms with Gasteiger partial charge in [0, 0.05) is 38.6 Å². The molecule has 2 fully saturated rings. The number of fused-ring (bicyclic) bond motifs is 2. The van der Waals surface area contributed by atoms with Gasteiger partial charge < -0.3 is 29.2 Å². The van der Waals surface area contributed by atoms with Gasteiger partial charge in [-0.25, -0.2) is 19.9 Å². The van der Waals surface area contributed by atoms with Crippen LogP contribution in [-0.2, 0) is 19.1 Å². The fourth-order valence-corrected chi connectivity index (χ4v) is 5.31. The molecule has 0 spiro atoms. The van der Waals surface area contributed by atoms with Crippen LogP contribution < -0.4 is 9.80 Å². The van der Waals surface area contributed by atoms with E-state index in [-0.39, 0.29) is 29.9 Å². The molecule has 0 aliphatic heterocycles. The first-order valence-electron chi connectivity index (χ1n) is 13.6. The van der Waals surface area contributed by atoms with E-state index in [9.17, 15) is 9.59 Å². The number of carbonyl (C=O) groups is 2. The SMILES string of the molecule is CC(C)OC(=O)C1CC(N(C)c2ncnc3[nH]ccc23)C1.COC(=O)C1CC(N(C)c2ncnc3[nH]ccc23)C1. The highest BCUT2D eigenvalue weighted by Gasteiger charge is 2.39. The minimum atomic E-state index is -0.112. The first-order valence-corrected chi connectivity index (χ1v) is 13.6. The third-order valence-electron chi connectivity index (χ3n) is 7.88. The van der Waals surface area contributed by atoms with Crippen LogP contribution >= 0.6 is 0 Å². The van der Waals surface area contributed by atoms with Crippen LogP contribution in [0.15, 0.2) is 37.2 Å². The van der Waals surface area contributed by atoms with Crippen molar-refractivity contribution in [2.24, 2.45) is 11.8 Å². The molecule has 2 N–H and O–H groups in total. The van der Waals surface area contributed by atoms with Crippen LogP contribution in [0.3, 0.4) is 0 Å². The van der Waals surface area contributed by atoms with E-state index in [1.165, 1.54) is 7.11 Å². The van der Waals surface area contributed by atoms with Crippen molar-refractivity contribution in [3.8, 4) is 0 Å². The summed E-state index contributed by atoms with van der Waals surface area (Å²) in [6.45, 7) is 3.76. The molecule has 0 bridgehead atoms. The molecule has 212 valence electrons. The summed E-state index contributed by atoms with van der Waals surface area (Å²) in [5, 5.41) is 2.01. The summed E-state index contributed by atoms with van der Waals surface area (Å²) in [4.78, 5) is 50.8. The molecule has 2 saturated carbocycles. The van der Waals surface area contributed by atoms with Crippen molar-refractivity contribution >= 4 is 45.6 Å². The number of hydrogen-bond acceptors (Lipinski definition) is 10. The van der Waals surface area contributed by atoms with Crippen molar-refractivity contribution in [2.45, 2.75) is 57.7 Å². The van der Waals surface area contributed by atoms with E-state index in [2.05, 4.69) is 39.7 Å². The number of hydrogen-bond donors (Lipinski definition) is 2. The van der Waals surface area contributed by atoms with E-state index < -0.39 is 0 Å². The molecule has 0 saturated heterocycles. The fraction of sp³-hybridized carbons (Fsp3) is 0.500. The Morgan fingerprint density at radius 2 is 1.25 bits per heavy atom. The van der Waals surface area contributed by atoms with E-state index in [1.54, 1.807) is 12.7 Å². The van der Waals surface area contributed by atoms with Gasteiger partial charge in [0.15, 0.2) is 0 Å². The standard InChI is InChI=1S/C15H20N4O2.C13H16N4O2/c1-9(2)21-15(20)10-6-11(7-10)19(3)14-12-4-5-16-13(12)17-8-18-14;1-17(9-5-8(6-9)13(18)19-2)12-10-3-4-14-11(10)15-7-16-12/h4-5,8-11H,6-7H2,1-3H3,(H,16,17,18);3-4,7-9H,5-6H2,1-2H3,(H,14,15,16). The number of rotatable bonds is 7. The molecule has 0 amide bonds. The predicted molar refractivity (Wildman–Crippen MR) is 151 cm³/mol. The van der Waals surface area contributed by atoms with Gasteiger partial charge in [0.1, 0.15) is 35.6 Å². The molecule has 4 heterocycles. The quantitative estimate of drug-likeness (QED) is 0.330. The summed E-state index contributed by atoms with van der Waals surface area (Å²) in [5.74, 6) is 1.66. The molecule has 0 radical (unpaired) electrons. The zero-order chi connectivity index (χ0) is 28.4. The van der Waals surface area contributed by atoms with Gasteiger partial charge in [0.05, 0.1) is 35.8 Å². The van der Waals surface area contributed by atoms with Crippen LogP contribution in [0.2, 0.25) is 0 Å². The second kappa shape index (κ2) is 11.5. The van der Waals surface area contributed by atoms with E-state index >= 15 is 0 Å². The fourth-order valence-electron chi connectivity index (χ4n) is 5.31. The Balaban J connectivity index is 0.000000162. The summed E-state index contributed by atoms with van der Waals surface area (Å²) >= 11 is 0. The van der Waals surface area contributed by atoms with Crippen molar-refractivity contribution < 1.29 is 19.1 Å². The molecule has 0 unspecified atom stereocenters. The number of carbonyl (C=O) groups excluding carboxylic acids is 2. The number of nitrogens with zero attached hydrogens (tertiary/aromatic N) is 6. The van der Waals surface area contributed by atoms with Gasteiger partial charge in [-0.3, -0.25) is 9.59 Å². The van der Waals surface area contributed by atoms with Gasteiger partial charge >= 0.3 is 11.9 Å². The topological polar surface area (TPSA) is 142 Å². The molecule has 2 aliphatic rings. The van der Waals surface area contributed by atoms with Crippen molar-refractivity contribution in [2.75, 3.05) is 31.0 Å². The van der Waals surface area contributed by atoms with Crippen LogP contribution in [0, 0.1) is 11.8 Å². The van der Waals surface area contributed by atoms with Gasteiger partial charge in [-0.15, -0.1) is 0 Å². The van der Waals surface area contributed by atoms with E-state index in [0.29, 0.717) is 12.1 Å². The maximum Gasteiger partial charge on any atom is 0.309 e. The molecule has 40 heavy (non-hydrogen) atoms. The minimum absolute atomic E-state index is 0.0170. The Bertz CT molecular complexity index is 1470. The first-order chi connectivity index (χ1) is 19.3. The summed E-state index contributed by atoms with van der Waals surface area (Å²) in [7, 11) is 5.46. The van der Waals surface area contributed by atoms with E-state index in [1.807, 2.05) is 52.5 Å². The first kappa shape index (κ1) is 27.4. The van der Waals surface area contributed by atoms with E-state index in [4.69, 9.17) is 9.47 Å². The molecule has 0 aromatic carbocycles. The molecule has 4 aromatic rings. The lowest BCUT2D eigenvalue weighted by Crippen LogP contribution is -2.46. The number of esters is 2. The summed E-state index contributed by atoms with van der Waals surface area (Å²) in [5.41, 5.74) is 1.67. The number of aromatic nitrogens is 6. The molecule has 12 heteroatoms. The Kier molecular flexibility index (Phi) is 7.85. The number of H-pyrrole nitrogens is 2. The van der Waals surface area contributed by atoms with Crippen molar-refractivity contribution in [3.05, 3.63) is 37.2 Å². The Hall–Kier alpha value is -4.22. The average molecular weight is 549 g/mol. The summed E-state index contributed by atoms with van der Waals surface area (Å²) in [6, 6.07) is 4.60. The third kappa shape index (κ3) is 5.43. The molecular formula is C28H36N8O4. The van der Waals surface area contributed by atoms with Gasteiger partial charge in [-0.1, -0.05) is 0 Å². The second-order valence-corrected chi connectivity index (χ2v) is 10.7. The number of aromatic amines is 2. The summed E-state index contributed by atoms with van der Waals surface area (Å²) in [6.07, 6.45) is 10.1. The predicted octanol–water partition coefficient (Wildman–Crippen LogP) is 3.47. The van der Waals surface area contributed by atoms with Crippen molar-refractivity contribution in [3.63, 3.8) is 0 Å². The zero-order valence-electron chi connectivity index (χ0n) is 23.5. The molecule has 2 aliphatic carbocycles. The van der Waals surface area contributed by atoms with Crippen LogP contribution in [0.5, 0.6) is 0 Å². The highest BCUT2D eigenvalue weighted by molar-refractivity contribution is 5.88. The highest BCUT2D eigenvalue weighted by atomic mass is 16.5. The van der Waals surface area contributed by atoms with Gasteiger partial charge in [-0.05, 0) is 51.7 Å². The van der Waals surface area contributed by atoms with E-state index in [0.717, 1.165) is 59.4 Å². The monoisotopic (exact) mass is 548 g/mol. The van der Waals surface area contributed by atoms with Crippen LogP contribution in [0.1, 0.15) is 39.5 Å². The number of ether oxygens (including phenoxy) is 2. The Labute approximate surface area is 232 Å². The van der Waals surface area contributed by atoms with Gasteiger partial charge in [-0.2, -0.15) is 0 Å². The lowest BCUT2D eigenvalue weighted by atomic mass is 9.79. The second-order valence-electron chi connectivity index (χ2n) is 10.7. The smallest absolute Gasteiger partial charge is 0.309 e. The highest BCUT2D eigenvalue weighted by Crippen LogP contribution is 2.37. The minimum Gasteiger partial charge on any atom is -0.469 e. The maximum atomic E-state index is 11.8. The van der Waals surface area contributed by atoms with Crippen molar-refractivity contribution in [1.82, 2.24) is 29.9 Å². The Morgan fingerprint density at radius 3 is 1.68 bits per heavy atom. The lowest BCUT2D eigenvalue weighted by molar-refractivity contribution is -0.155. The number of anilines is 2. The molecule has 6 rings (SSSR count). The number of nitrogens with one attached hydrogen (secondary N) is 2. The lowest BCUT2D eigenvalue weighted by Gasteiger charge is -2.40. The molecule has 4 aromatic heterocycles. The zero-order valence-corrected chi connectivity index (χ0v) is 23.5.